The third-order valence-corrected chi connectivity index (χ3v) is 2.74. The van der Waals surface area contributed by atoms with Gasteiger partial charge in [-0.1, -0.05) is 0 Å². The van der Waals surface area contributed by atoms with Gasteiger partial charge < -0.3 is 20.5 Å². The van der Waals surface area contributed by atoms with Gasteiger partial charge in [0.2, 0.25) is 6.79 Å². The molecular weight excluding hydrogens is 246 g/mol. The van der Waals surface area contributed by atoms with E-state index in [1.54, 1.807) is 36.7 Å². The topological polar surface area (TPSA) is 86.5 Å². The SMILES string of the molecule is Nc1cc2c(cc1NC(=O)c1ccncc1)OCO2. The van der Waals surface area contributed by atoms with Crippen LogP contribution in [0.15, 0.2) is 36.7 Å². The van der Waals surface area contributed by atoms with Gasteiger partial charge in [0.05, 0.1) is 11.4 Å². The van der Waals surface area contributed by atoms with Gasteiger partial charge in [0, 0.05) is 30.1 Å². The molecular formula is C13H11N3O3. The number of nitrogens with zero attached hydrogens (tertiary/aromatic N) is 1. The van der Waals surface area contributed by atoms with E-state index in [9.17, 15) is 4.79 Å². The number of nitrogen functional groups attached to an aromatic ring is 1. The lowest BCUT2D eigenvalue weighted by Gasteiger charge is -2.09. The Kier molecular flexibility index (Phi) is 2.68. The second-order valence-corrected chi connectivity index (χ2v) is 3.98. The molecule has 3 rings (SSSR count). The molecule has 0 aliphatic carbocycles. The lowest BCUT2D eigenvalue weighted by molar-refractivity contribution is 0.102. The van der Waals surface area contributed by atoms with Gasteiger partial charge in [0.1, 0.15) is 0 Å². The Bertz CT molecular complexity index is 629. The number of ether oxygens (including phenoxy) is 2. The van der Waals surface area contributed by atoms with E-state index in [0.29, 0.717) is 28.4 Å². The number of rotatable bonds is 2. The number of carbonyl (C=O) groups excluding carboxylic acids is 1. The summed E-state index contributed by atoms with van der Waals surface area (Å²) >= 11 is 0. The van der Waals surface area contributed by atoms with E-state index in [0.717, 1.165) is 0 Å². The van der Waals surface area contributed by atoms with Crippen LogP contribution in [0.1, 0.15) is 10.4 Å². The molecule has 0 saturated heterocycles. The Labute approximate surface area is 109 Å². The molecule has 6 nitrogen and oxygen atoms in total. The molecule has 0 saturated carbocycles. The number of carbonyl (C=O) groups is 1. The maximum atomic E-state index is 12.0. The summed E-state index contributed by atoms with van der Waals surface area (Å²) in [5.41, 5.74) is 7.28. The molecule has 1 aromatic carbocycles. The molecule has 0 atom stereocenters. The number of nitrogens with two attached hydrogens (primary N) is 1. The minimum Gasteiger partial charge on any atom is -0.454 e. The Morgan fingerprint density at radius 1 is 1.21 bits per heavy atom. The van der Waals surface area contributed by atoms with E-state index in [1.807, 2.05) is 0 Å². The van der Waals surface area contributed by atoms with Gasteiger partial charge in [-0.25, -0.2) is 0 Å². The third kappa shape index (κ3) is 2.15. The number of hydrogen-bond acceptors (Lipinski definition) is 5. The lowest BCUT2D eigenvalue weighted by Crippen LogP contribution is -2.13. The van der Waals surface area contributed by atoms with Gasteiger partial charge in [0.25, 0.3) is 5.91 Å². The summed E-state index contributed by atoms with van der Waals surface area (Å²) in [6.45, 7) is 0.163. The Morgan fingerprint density at radius 3 is 2.63 bits per heavy atom. The molecule has 1 aliphatic heterocycles. The highest BCUT2D eigenvalue weighted by Gasteiger charge is 2.17. The number of hydrogen-bond donors (Lipinski definition) is 2. The van der Waals surface area contributed by atoms with E-state index in [2.05, 4.69) is 10.3 Å². The number of nitrogens with one attached hydrogen (secondary N) is 1. The summed E-state index contributed by atoms with van der Waals surface area (Å²) < 4.78 is 10.4. The molecule has 19 heavy (non-hydrogen) atoms. The van der Waals surface area contributed by atoms with Gasteiger partial charge in [-0.2, -0.15) is 0 Å². The highest BCUT2D eigenvalue weighted by molar-refractivity contribution is 6.05. The van der Waals surface area contributed by atoms with Crippen molar-refractivity contribution in [3.8, 4) is 11.5 Å². The quantitative estimate of drug-likeness (QED) is 0.799. The van der Waals surface area contributed by atoms with E-state index in [-0.39, 0.29) is 12.7 Å². The molecule has 0 fully saturated rings. The number of amides is 1. The Balaban J connectivity index is 1.86. The van der Waals surface area contributed by atoms with Crippen LogP contribution in [0.2, 0.25) is 0 Å². The van der Waals surface area contributed by atoms with Gasteiger partial charge >= 0.3 is 0 Å². The number of pyridine rings is 1. The average Bonchev–Trinajstić information content (AvgIpc) is 2.87. The molecule has 1 amide bonds. The van der Waals surface area contributed by atoms with Gasteiger partial charge in [0.15, 0.2) is 11.5 Å². The fraction of sp³-hybridized carbons (Fsp3) is 0.0769. The van der Waals surface area contributed by atoms with Crippen LogP contribution in [0.5, 0.6) is 11.5 Å². The standard InChI is InChI=1S/C13H11N3O3/c14-9-5-11-12(19-7-18-11)6-10(9)16-13(17)8-1-3-15-4-2-8/h1-6H,7,14H2,(H,16,17). The summed E-state index contributed by atoms with van der Waals surface area (Å²) in [4.78, 5) is 15.9. The fourth-order valence-corrected chi connectivity index (χ4v) is 1.76. The summed E-state index contributed by atoms with van der Waals surface area (Å²) in [6, 6.07) is 6.53. The zero-order chi connectivity index (χ0) is 13.2. The predicted molar refractivity (Wildman–Crippen MR) is 69.2 cm³/mol. The van der Waals surface area contributed by atoms with Crippen LogP contribution in [0.3, 0.4) is 0 Å². The van der Waals surface area contributed by atoms with Crippen molar-refractivity contribution >= 4 is 17.3 Å². The minimum absolute atomic E-state index is 0.163. The number of fused-ring (bicyclic) bond motifs is 1. The van der Waals surface area contributed by atoms with Crippen LogP contribution < -0.4 is 20.5 Å². The molecule has 0 radical (unpaired) electrons. The van der Waals surface area contributed by atoms with Crippen LogP contribution in [-0.2, 0) is 0 Å². The van der Waals surface area contributed by atoms with Crippen molar-refractivity contribution in [2.24, 2.45) is 0 Å². The van der Waals surface area contributed by atoms with Gasteiger partial charge in [-0.3, -0.25) is 9.78 Å². The maximum Gasteiger partial charge on any atom is 0.255 e. The maximum absolute atomic E-state index is 12.0. The first-order chi connectivity index (χ1) is 9.24. The zero-order valence-corrected chi connectivity index (χ0v) is 9.92. The van der Waals surface area contributed by atoms with Crippen molar-refractivity contribution < 1.29 is 14.3 Å². The van der Waals surface area contributed by atoms with Crippen LogP contribution in [-0.4, -0.2) is 17.7 Å². The molecule has 3 N–H and O–H groups in total. The highest BCUT2D eigenvalue weighted by atomic mass is 16.7. The van der Waals surface area contributed by atoms with Crippen LogP contribution in [0, 0.1) is 0 Å². The normalized spacial score (nSPS) is 12.2. The molecule has 1 aliphatic rings. The molecule has 1 aromatic heterocycles. The summed E-state index contributed by atoms with van der Waals surface area (Å²) in [7, 11) is 0. The number of aromatic nitrogens is 1. The largest absolute Gasteiger partial charge is 0.454 e. The second-order valence-electron chi connectivity index (χ2n) is 3.98. The zero-order valence-electron chi connectivity index (χ0n) is 9.92. The van der Waals surface area contributed by atoms with E-state index in [4.69, 9.17) is 15.2 Å². The van der Waals surface area contributed by atoms with Crippen molar-refractivity contribution in [1.29, 1.82) is 0 Å². The van der Waals surface area contributed by atoms with E-state index in [1.165, 1.54) is 0 Å². The van der Waals surface area contributed by atoms with Crippen molar-refractivity contribution in [2.45, 2.75) is 0 Å². The van der Waals surface area contributed by atoms with Crippen LogP contribution in [0.4, 0.5) is 11.4 Å². The van der Waals surface area contributed by atoms with Gasteiger partial charge in [-0.15, -0.1) is 0 Å². The highest BCUT2D eigenvalue weighted by Crippen LogP contribution is 2.38. The predicted octanol–water partition coefficient (Wildman–Crippen LogP) is 1.64. The molecule has 0 bridgehead atoms. The van der Waals surface area contributed by atoms with E-state index >= 15 is 0 Å². The first-order valence-corrected chi connectivity index (χ1v) is 5.64. The van der Waals surface area contributed by atoms with Crippen LogP contribution >= 0.6 is 0 Å². The second kappa shape index (κ2) is 4.49. The van der Waals surface area contributed by atoms with Crippen molar-refractivity contribution in [2.75, 3.05) is 17.8 Å². The molecule has 2 aromatic rings. The van der Waals surface area contributed by atoms with Gasteiger partial charge in [-0.05, 0) is 12.1 Å². The summed E-state index contributed by atoms with van der Waals surface area (Å²) in [5.74, 6) is 0.895. The fourth-order valence-electron chi connectivity index (χ4n) is 1.76. The first kappa shape index (κ1) is 11.3. The molecule has 0 unspecified atom stereocenters. The Hall–Kier alpha value is -2.76. The minimum atomic E-state index is -0.257. The number of benzene rings is 1. The average molecular weight is 257 g/mol. The van der Waals surface area contributed by atoms with Crippen molar-refractivity contribution in [1.82, 2.24) is 4.98 Å². The van der Waals surface area contributed by atoms with Crippen molar-refractivity contribution in [3.05, 3.63) is 42.2 Å². The van der Waals surface area contributed by atoms with E-state index < -0.39 is 0 Å². The summed E-state index contributed by atoms with van der Waals surface area (Å²) in [5, 5.41) is 2.73. The molecule has 2 heterocycles. The van der Waals surface area contributed by atoms with Crippen LogP contribution in [0.25, 0.3) is 0 Å². The number of anilines is 2. The monoisotopic (exact) mass is 257 g/mol. The molecule has 96 valence electrons. The third-order valence-electron chi connectivity index (χ3n) is 2.74. The van der Waals surface area contributed by atoms with Crippen molar-refractivity contribution in [3.63, 3.8) is 0 Å². The first-order valence-electron chi connectivity index (χ1n) is 5.64. The lowest BCUT2D eigenvalue weighted by atomic mass is 10.2. The Morgan fingerprint density at radius 2 is 1.89 bits per heavy atom. The smallest absolute Gasteiger partial charge is 0.255 e. The molecule has 0 spiro atoms. The molecule has 6 heteroatoms. The summed E-state index contributed by atoms with van der Waals surface area (Å²) in [6.07, 6.45) is 3.11.